The number of rotatable bonds is 7. The van der Waals surface area contributed by atoms with Crippen LogP contribution in [0.25, 0.3) is 11.2 Å². The average Bonchev–Trinajstić information content (AvgIpc) is 3.00. The van der Waals surface area contributed by atoms with Gasteiger partial charge in [0.25, 0.3) is 0 Å². The number of anilines is 1. The van der Waals surface area contributed by atoms with Crippen LogP contribution >= 0.6 is 23.2 Å². The molecule has 126 valence electrons. The van der Waals surface area contributed by atoms with E-state index in [1.54, 1.807) is 18.5 Å². The van der Waals surface area contributed by atoms with Crippen LogP contribution in [-0.4, -0.2) is 30.5 Å². The first-order chi connectivity index (χ1) is 11.7. The van der Waals surface area contributed by atoms with E-state index in [2.05, 4.69) is 20.3 Å². The number of hydrogen-bond acceptors (Lipinski definition) is 5. The number of phenols is 1. The summed E-state index contributed by atoms with van der Waals surface area (Å²) < 4.78 is 2.00. The van der Waals surface area contributed by atoms with Gasteiger partial charge >= 0.3 is 0 Å². The van der Waals surface area contributed by atoms with E-state index in [4.69, 9.17) is 23.2 Å². The van der Waals surface area contributed by atoms with Gasteiger partial charge < -0.3 is 15.0 Å². The first-order valence-electron chi connectivity index (χ1n) is 7.62. The predicted octanol–water partition coefficient (Wildman–Crippen LogP) is 3.82. The van der Waals surface area contributed by atoms with E-state index in [1.165, 1.54) is 6.33 Å². The summed E-state index contributed by atoms with van der Waals surface area (Å²) in [5, 5.41) is 13.2. The summed E-state index contributed by atoms with van der Waals surface area (Å²) in [4.78, 5) is 13.0. The molecule has 0 aliphatic heterocycles. The largest absolute Gasteiger partial charge is 0.506 e. The number of aryl methyl sites for hydroxylation is 1. The van der Waals surface area contributed by atoms with E-state index in [0.29, 0.717) is 23.3 Å². The third kappa shape index (κ3) is 3.71. The van der Waals surface area contributed by atoms with E-state index in [1.807, 2.05) is 10.6 Å². The molecule has 6 nitrogen and oxygen atoms in total. The number of aromatic hydroxyl groups is 1. The van der Waals surface area contributed by atoms with Gasteiger partial charge in [-0.3, -0.25) is 0 Å². The van der Waals surface area contributed by atoms with Gasteiger partial charge in [-0.05, 0) is 30.5 Å². The summed E-state index contributed by atoms with van der Waals surface area (Å²) in [5.74, 6) is 1.38. The summed E-state index contributed by atoms with van der Waals surface area (Å²) in [6.45, 7) is 1.32. The van der Waals surface area contributed by atoms with Crippen LogP contribution in [0.2, 0.25) is 5.02 Å². The van der Waals surface area contributed by atoms with Crippen molar-refractivity contribution in [1.82, 2.24) is 19.5 Å². The number of benzene rings is 1. The monoisotopic (exact) mass is 365 g/mol. The molecule has 0 aliphatic rings. The third-order valence-electron chi connectivity index (χ3n) is 3.65. The van der Waals surface area contributed by atoms with Crippen molar-refractivity contribution < 1.29 is 5.11 Å². The van der Waals surface area contributed by atoms with Gasteiger partial charge in [0.2, 0.25) is 0 Å². The lowest BCUT2D eigenvalue weighted by Gasteiger charge is -2.07. The highest BCUT2D eigenvalue weighted by atomic mass is 35.5. The third-order valence-corrected chi connectivity index (χ3v) is 4.24. The Hall–Kier alpha value is -2.05. The second-order valence-electron chi connectivity index (χ2n) is 5.37. The number of hydrogen-bond donors (Lipinski definition) is 2. The van der Waals surface area contributed by atoms with E-state index in [0.717, 1.165) is 36.1 Å². The number of halogens is 2. The molecule has 1 aromatic carbocycles. The Labute approximate surface area is 149 Å². The molecule has 24 heavy (non-hydrogen) atoms. The van der Waals surface area contributed by atoms with Crippen LogP contribution in [0.5, 0.6) is 5.75 Å². The normalized spacial score (nSPS) is 11.1. The van der Waals surface area contributed by atoms with Crippen molar-refractivity contribution in [3.63, 3.8) is 0 Å². The number of nitrogens with zero attached hydrogens (tertiary/aromatic N) is 4. The minimum absolute atomic E-state index is 0.0624. The fourth-order valence-corrected chi connectivity index (χ4v) is 2.71. The second kappa shape index (κ2) is 7.68. The molecule has 0 amide bonds. The molecule has 0 bridgehead atoms. The van der Waals surface area contributed by atoms with Crippen LogP contribution < -0.4 is 5.32 Å². The highest BCUT2D eigenvalue weighted by Gasteiger charge is 2.10. The molecule has 0 saturated carbocycles. The molecule has 2 heterocycles. The lowest BCUT2D eigenvalue weighted by Crippen LogP contribution is -2.03. The molecule has 0 fully saturated rings. The predicted molar refractivity (Wildman–Crippen MR) is 95.7 cm³/mol. The summed E-state index contributed by atoms with van der Waals surface area (Å²) in [5.41, 5.74) is 2.41. The zero-order valence-corrected chi connectivity index (χ0v) is 14.4. The lowest BCUT2D eigenvalue weighted by molar-refractivity contribution is 0.475. The summed E-state index contributed by atoms with van der Waals surface area (Å²) in [7, 11) is 0. The average molecular weight is 366 g/mol. The van der Waals surface area contributed by atoms with Crippen LogP contribution in [-0.2, 0) is 13.1 Å². The summed E-state index contributed by atoms with van der Waals surface area (Å²) >= 11 is 11.5. The van der Waals surface area contributed by atoms with Crippen molar-refractivity contribution in [2.24, 2.45) is 0 Å². The van der Waals surface area contributed by atoms with Crippen LogP contribution in [0.3, 0.4) is 0 Å². The van der Waals surface area contributed by atoms with Crippen LogP contribution in [0, 0.1) is 0 Å². The van der Waals surface area contributed by atoms with Gasteiger partial charge in [-0.2, -0.15) is 0 Å². The number of imidazole rings is 1. The number of nitrogens with one attached hydrogen (secondary N) is 1. The SMILES string of the molecule is Oc1cc(CNc2ncnc3c2ncn3CCCCCl)ccc1Cl. The zero-order valence-electron chi connectivity index (χ0n) is 12.9. The van der Waals surface area contributed by atoms with Crippen LogP contribution in [0.4, 0.5) is 5.82 Å². The van der Waals surface area contributed by atoms with Gasteiger partial charge in [-0.25, -0.2) is 15.0 Å². The number of phenolic OH excluding ortho intramolecular Hbond substituents is 1. The van der Waals surface area contributed by atoms with Gasteiger partial charge in [0.05, 0.1) is 11.3 Å². The Morgan fingerprint density at radius 3 is 2.83 bits per heavy atom. The molecular formula is C16H17Cl2N5O. The molecular weight excluding hydrogens is 349 g/mol. The number of fused-ring (bicyclic) bond motifs is 1. The van der Waals surface area contributed by atoms with Crippen molar-refractivity contribution in [2.75, 3.05) is 11.2 Å². The quantitative estimate of drug-likeness (QED) is 0.491. The van der Waals surface area contributed by atoms with Gasteiger partial charge in [0, 0.05) is 19.0 Å². The number of alkyl halides is 1. The maximum atomic E-state index is 9.66. The standard InChI is InChI=1S/C16H17Cl2N5O/c17-5-1-2-6-23-10-22-14-15(20-9-21-16(14)23)19-8-11-3-4-12(18)13(24)7-11/h3-4,7,9-10,24H,1-2,5-6,8H2,(H,19,20,21). The molecule has 0 saturated heterocycles. The molecule has 0 atom stereocenters. The Morgan fingerprint density at radius 2 is 2.04 bits per heavy atom. The fourth-order valence-electron chi connectivity index (χ4n) is 2.40. The summed E-state index contributed by atoms with van der Waals surface area (Å²) in [6.07, 6.45) is 5.22. The van der Waals surface area contributed by atoms with Crippen molar-refractivity contribution in [1.29, 1.82) is 0 Å². The highest BCUT2D eigenvalue weighted by molar-refractivity contribution is 6.32. The van der Waals surface area contributed by atoms with Crippen molar-refractivity contribution in [3.8, 4) is 5.75 Å². The van der Waals surface area contributed by atoms with Crippen LogP contribution in [0.15, 0.2) is 30.9 Å². The molecule has 3 aromatic rings. The molecule has 0 unspecified atom stereocenters. The zero-order chi connectivity index (χ0) is 16.9. The first kappa shape index (κ1) is 16.8. The topological polar surface area (TPSA) is 75.9 Å². The highest BCUT2D eigenvalue weighted by Crippen LogP contribution is 2.24. The molecule has 3 rings (SSSR count). The molecule has 0 aliphatic carbocycles. The number of aromatic nitrogens is 4. The second-order valence-corrected chi connectivity index (χ2v) is 6.15. The minimum atomic E-state index is 0.0624. The van der Waals surface area contributed by atoms with Crippen molar-refractivity contribution >= 4 is 40.2 Å². The van der Waals surface area contributed by atoms with Crippen LogP contribution in [0.1, 0.15) is 18.4 Å². The van der Waals surface area contributed by atoms with E-state index in [-0.39, 0.29) is 5.75 Å². The van der Waals surface area contributed by atoms with E-state index < -0.39 is 0 Å². The Kier molecular flexibility index (Phi) is 5.37. The van der Waals surface area contributed by atoms with E-state index >= 15 is 0 Å². The lowest BCUT2D eigenvalue weighted by atomic mass is 10.2. The summed E-state index contributed by atoms with van der Waals surface area (Å²) in [6, 6.07) is 5.13. The smallest absolute Gasteiger partial charge is 0.165 e. The van der Waals surface area contributed by atoms with Gasteiger partial charge in [-0.1, -0.05) is 17.7 Å². The molecule has 2 aromatic heterocycles. The van der Waals surface area contributed by atoms with Crippen molar-refractivity contribution in [2.45, 2.75) is 25.9 Å². The van der Waals surface area contributed by atoms with Gasteiger partial charge in [0.1, 0.15) is 17.6 Å². The van der Waals surface area contributed by atoms with Gasteiger partial charge in [-0.15, -0.1) is 11.6 Å². The maximum Gasteiger partial charge on any atom is 0.165 e. The Bertz CT molecular complexity index is 836. The molecule has 8 heteroatoms. The van der Waals surface area contributed by atoms with Gasteiger partial charge in [0.15, 0.2) is 11.5 Å². The minimum Gasteiger partial charge on any atom is -0.506 e. The molecule has 2 N–H and O–H groups in total. The Morgan fingerprint density at radius 1 is 1.17 bits per heavy atom. The van der Waals surface area contributed by atoms with Crippen molar-refractivity contribution in [3.05, 3.63) is 41.4 Å². The molecule has 0 radical (unpaired) electrons. The number of unbranched alkanes of at least 4 members (excludes halogenated alkanes) is 1. The fraction of sp³-hybridized carbons (Fsp3) is 0.312. The molecule has 0 spiro atoms. The Balaban J connectivity index is 1.76. The van der Waals surface area contributed by atoms with E-state index in [9.17, 15) is 5.11 Å². The maximum absolute atomic E-state index is 9.66. The first-order valence-corrected chi connectivity index (χ1v) is 8.53.